The van der Waals surface area contributed by atoms with Gasteiger partial charge in [0.1, 0.15) is 19.3 Å². The molecule has 0 aliphatic rings. The Bertz CT molecular complexity index is 1810. The number of phosphoric ester groups is 2. The number of phosphoric acid groups is 2. The van der Waals surface area contributed by atoms with Gasteiger partial charge in [-0.2, -0.15) is 0 Å². The van der Waals surface area contributed by atoms with E-state index < -0.39 is 97.5 Å². The number of rotatable bonds is 75. The van der Waals surface area contributed by atoms with Crippen LogP contribution in [-0.2, 0) is 65.4 Å². The van der Waals surface area contributed by atoms with Crippen molar-refractivity contribution in [1.29, 1.82) is 0 Å². The molecule has 558 valence electrons. The fourth-order valence-electron chi connectivity index (χ4n) is 11.5. The van der Waals surface area contributed by atoms with E-state index in [2.05, 4.69) is 34.6 Å². The van der Waals surface area contributed by atoms with Crippen molar-refractivity contribution in [1.82, 2.24) is 0 Å². The summed E-state index contributed by atoms with van der Waals surface area (Å²) in [5, 5.41) is 10.6. The number of carbonyl (C=O) groups is 4. The summed E-state index contributed by atoms with van der Waals surface area (Å²) in [6.45, 7) is 7.24. The first-order valence-corrected chi connectivity index (χ1v) is 42.2. The van der Waals surface area contributed by atoms with Crippen LogP contribution in [0.4, 0.5) is 0 Å². The predicted octanol–water partition coefficient (Wildman–Crippen LogP) is 22.1. The predicted molar refractivity (Wildman–Crippen MR) is 382 cm³/mol. The summed E-state index contributed by atoms with van der Waals surface area (Å²) < 4.78 is 68.2. The maximum Gasteiger partial charge on any atom is 0.472 e. The van der Waals surface area contributed by atoms with Crippen molar-refractivity contribution >= 4 is 39.5 Å². The number of carbonyl (C=O) groups excluding carboxylic acids is 4. The lowest BCUT2D eigenvalue weighted by atomic mass is 9.99. The summed E-state index contributed by atoms with van der Waals surface area (Å²) in [6, 6.07) is 0. The van der Waals surface area contributed by atoms with Crippen LogP contribution in [0.15, 0.2) is 0 Å². The highest BCUT2D eigenvalue weighted by Crippen LogP contribution is 2.45. The summed E-state index contributed by atoms with van der Waals surface area (Å²) >= 11 is 0. The van der Waals surface area contributed by atoms with Gasteiger partial charge in [-0.15, -0.1) is 0 Å². The molecule has 3 N–H and O–H groups in total. The second-order valence-electron chi connectivity index (χ2n) is 27.3. The molecular weight excluding hydrogens is 1230 g/mol. The molecule has 0 amide bonds. The Morgan fingerprint density at radius 2 is 0.511 bits per heavy atom. The van der Waals surface area contributed by atoms with Crippen LogP contribution in [0.3, 0.4) is 0 Å². The topological polar surface area (TPSA) is 237 Å². The van der Waals surface area contributed by atoms with Crippen molar-refractivity contribution in [3.8, 4) is 0 Å². The second-order valence-corrected chi connectivity index (χ2v) is 30.2. The van der Waals surface area contributed by atoms with Gasteiger partial charge in [0.2, 0.25) is 0 Å². The lowest BCUT2D eigenvalue weighted by Gasteiger charge is -2.21. The highest BCUT2D eigenvalue weighted by atomic mass is 31.2. The van der Waals surface area contributed by atoms with E-state index in [9.17, 15) is 43.2 Å². The van der Waals surface area contributed by atoms with Gasteiger partial charge in [-0.05, 0) is 31.6 Å². The van der Waals surface area contributed by atoms with Gasteiger partial charge in [-0.25, -0.2) is 9.13 Å². The van der Waals surface area contributed by atoms with Crippen molar-refractivity contribution in [2.45, 2.75) is 412 Å². The average molecular weight is 1380 g/mol. The zero-order chi connectivity index (χ0) is 69.1. The number of esters is 4. The first-order chi connectivity index (χ1) is 45.6. The van der Waals surface area contributed by atoms with E-state index in [-0.39, 0.29) is 25.7 Å². The molecule has 17 nitrogen and oxygen atoms in total. The maximum absolute atomic E-state index is 13.1. The normalized spacial score (nSPS) is 14.3. The van der Waals surface area contributed by atoms with Gasteiger partial charge in [0.25, 0.3) is 0 Å². The first-order valence-electron chi connectivity index (χ1n) is 39.2. The lowest BCUT2D eigenvalue weighted by Crippen LogP contribution is -2.30. The molecule has 0 bridgehead atoms. The van der Waals surface area contributed by atoms with E-state index in [0.717, 1.165) is 102 Å². The zero-order valence-electron chi connectivity index (χ0n) is 61.1. The number of hydrogen-bond donors (Lipinski definition) is 3. The molecule has 0 fully saturated rings. The van der Waals surface area contributed by atoms with E-state index in [4.69, 9.17) is 37.0 Å². The van der Waals surface area contributed by atoms with Crippen LogP contribution in [0.5, 0.6) is 0 Å². The molecule has 6 atom stereocenters. The summed E-state index contributed by atoms with van der Waals surface area (Å²) in [5.41, 5.74) is 0. The van der Waals surface area contributed by atoms with E-state index in [1.807, 2.05) is 0 Å². The average Bonchev–Trinajstić information content (AvgIpc) is 1.29. The van der Waals surface area contributed by atoms with Crippen LogP contribution in [0.1, 0.15) is 394 Å². The van der Waals surface area contributed by atoms with E-state index >= 15 is 0 Å². The van der Waals surface area contributed by atoms with E-state index in [1.54, 1.807) is 0 Å². The summed E-state index contributed by atoms with van der Waals surface area (Å²) in [4.78, 5) is 72.4. The van der Waals surface area contributed by atoms with Crippen LogP contribution in [0.2, 0.25) is 0 Å². The zero-order valence-corrected chi connectivity index (χ0v) is 62.9. The molecule has 0 heterocycles. The summed E-state index contributed by atoms with van der Waals surface area (Å²) in [6.07, 6.45) is 57.4. The molecular formula is C75H146O17P2. The molecule has 0 aromatic carbocycles. The minimum absolute atomic E-state index is 0.106. The van der Waals surface area contributed by atoms with Crippen molar-refractivity contribution in [3.05, 3.63) is 0 Å². The third-order valence-corrected chi connectivity index (χ3v) is 19.8. The number of aliphatic hydroxyl groups is 1. The molecule has 3 unspecified atom stereocenters. The third-order valence-electron chi connectivity index (χ3n) is 17.9. The van der Waals surface area contributed by atoms with Crippen molar-refractivity contribution < 1.29 is 80.2 Å². The van der Waals surface area contributed by atoms with Crippen molar-refractivity contribution in [2.75, 3.05) is 39.6 Å². The monoisotopic (exact) mass is 1380 g/mol. The third kappa shape index (κ3) is 67.3. The standard InChI is InChI=1S/C75H146O17P2/c1-6-10-13-16-18-20-22-23-24-25-26-27-28-29-30-35-38-42-46-51-56-61-75(80)92-71(65-86-73(78)59-54-49-44-41-37-34-32-31-33-36-39-43-48-52-57-68(5)9-4)67-90-94(83,84)88-63-69(76)62-87-93(81,82)89-66-70(64-85-72(77)58-53-47-15-12-8-3)91-74(79)60-55-50-45-40-21-19-17-14-11-7-2/h68-71,76H,6-67H2,1-5H3,(H,81,82)(H,83,84)/t68?,69-,70+,71+/m0/s1. The van der Waals surface area contributed by atoms with Crippen molar-refractivity contribution in [3.63, 3.8) is 0 Å². The minimum Gasteiger partial charge on any atom is -0.462 e. The Labute approximate surface area is 575 Å². The molecule has 0 spiro atoms. The number of aliphatic hydroxyl groups excluding tert-OH is 1. The van der Waals surface area contributed by atoms with Gasteiger partial charge in [0.05, 0.1) is 26.4 Å². The largest absolute Gasteiger partial charge is 0.472 e. The molecule has 0 saturated heterocycles. The Morgan fingerprint density at radius 3 is 0.755 bits per heavy atom. The Balaban J connectivity index is 5.11. The van der Waals surface area contributed by atoms with E-state index in [1.165, 1.54) is 212 Å². The minimum atomic E-state index is -4.95. The van der Waals surface area contributed by atoms with Crippen LogP contribution >= 0.6 is 15.6 Å². The fourth-order valence-corrected chi connectivity index (χ4v) is 13.1. The van der Waals surface area contributed by atoms with Crippen LogP contribution in [0, 0.1) is 5.92 Å². The molecule has 94 heavy (non-hydrogen) atoms. The van der Waals surface area contributed by atoms with Gasteiger partial charge in [-0.3, -0.25) is 37.3 Å². The summed E-state index contributed by atoms with van der Waals surface area (Å²) in [7, 11) is -9.89. The fraction of sp³-hybridized carbons (Fsp3) is 0.947. The van der Waals surface area contributed by atoms with Gasteiger partial charge in [0, 0.05) is 25.7 Å². The Morgan fingerprint density at radius 1 is 0.298 bits per heavy atom. The van der Waals surface area contributed by atoms with Gasteiger partial charge in [-0.1, -0.05) is 343 Å². The Hall–Kier alpha value is -1.94. The quantitative estimate of drug-likeness (QED) is 0.0222. The van der Waals surface area contributed by atoms with Gasteiger partial charge >= 0.3 is 39.5 Å². The molecule has 0 radical (unpaired) electrons. The van der Waals surface area contributed by atoms with Crippen molar-refractivity contribution in [2.24, 2.45) is 5.92 Å². The molecule has 0 aliphatic heterocycles. The molecule has 19 heteroatoms. The highest BCUT2D eigenvalue weighted by molar-refractivity contribution is 7.47. The Kier molecular flexibility index (Phi) is 66.8. The number of hydrogen-bond acceptors (Lipinski definition) is 15. The smallest absolute Gasteiger partial charge is 0.462 e. The summed E-state index contributed by atoms with van der Waals surface area (Å²) in [5.74, 6) is -1.28. The maximum atomic E-state index is 13.1. The van der Waals surface area contributed by atoms with Crippen LogP contribution in [0.25, 0.3) is 0 Å². The highest BCUT2D eigenvalue weighted by Gasteiger charge is 2.30. The number of unbranched alkanes of at least 4 members (excludes halogenated alkanes) is 46. The number of ether oxygens (including phenoxy) is 4. The van der Waals surface area contributed by atoms with Crippen LogP contribution < -0.4 is 0 Å². The van der Waals surface area contributed by atoms with Gasteiger partial charge in [0.15, 0.2) is 12.2 Å². The second kappa shape index (κ2) is 68.2. The lowest BCUT2D eigenvalue weighted by molar-refractivity contribution is -0.161. The molecule has 0 aromatic rings. The molecule has 0 rings (SSSR count). The molecule has 0 aliphatic carbocycles. The SMILES string of the molecule is CCCCCCCCCCCCCCCCCCCCCCCC(=O)O[C@H](COC(=O)CCCCCCCCCCCCCCCCC(C)CC)COP(=O)(O)OC[C@@H](O)COP(=O)(O)OC[C@@H](COC(=O)CCCCCCC)OC(=O)CCCCCCCCCCCC. The van der Waals surface area contributed by atoms with Crippen LogP contribution in [-0.4, -0.2) is 96.7 Å². The van der Waals surface area contributed by atoms with Gasteiger partial charge < -0.3 is 33.8 Å². The first kappa shape index (κ1) is 92.1. The molecule has 0 aromatic heterocycles. The molecule has 0 saturated carbocycles. The van der Waals surface area contributed by atoms with E-state index in [0.29, 0.717) is 25.7 Å².